The van der Waals surface area contributed by atoms with Gasteiger partial charge in [-0.05, 0) is 60.0 Å². The molecule has 0 radical (unpaired) electrons. The highest BCUT2D eigenvalue weighted by atomic mass is 16.5. The lowest BCUT2D eigenvalue weighted by Crippen LogP contribution is -2.19. The third-order valence-corrected chi connectivity index (χ3v) is 5.68. The number of anilines is 2. The summed E-state index contributed by atoms with van der Waals surface area (Å²) in [5.41, 5.74) is 5.15. The van der Waals surface area contributed by atoms with E-state index in [9.17, 15) is 4.79 Å². The molecule has 1 heterocycles. The number of nitrogens with one attached hydrogen (secondary N) is 1. The van der Waals surface area contributed by atoms with Gasteiger partial charge in [0, 0.05) is 24.3 Å². The van der Waals surface area contributed by atoms with E-state index in [2.05, 4.69) is 34.5 Å². The summed E-state index contributed by atoms with van der Waals surface area (Å²) in [6, 6.07) is 33.4. The van der Waals surface area contributed by atoms with Crippen molar-refractivity contribution in [3.8, 4) is 11.5 Å². The molecule has 0 atom stereocenters. The molecule has 158 valence electrons. The summed E-state index contributed by atoms with van der Waals surface area (Å²) < 4.78 is 5.95. The Hall–Kier alpha value is -4.05. The quantitative estimate of drug-likeness (QED) is 0.398. The Morgan fingerprint density at radius 3 is 2.38 bits per heavy atom. The number of carbonyl (C=O) groups excluding carboxylic acids is 1. The first kappa shape index (κ1) is 19.9. The first-order valence-electron chi connectivity index (χ1n) is 10.8. The molecule has 4 aromatic rings. The second kappa shape index (κ2) is 8.98. The predicted octanol–water partition coefficient (Wildman–Crippen LogP) is 6.29. The van der Waals surface area contributed by atoms with Crippen LogP contribution in [-0.4, -0.2) is 12.5 Å². The number of fused-ring (bicyclic) bond motifs is 1. The normalized spacial score (nSPS) is 12.3. The molecule has 0 bridgehead atoms. The van der Waals surface area contributed by atoms with Crippen LogP contribution in [0.4, 0.5) is 11.4 Å². The van der Waals surface area contributed by atoms with Gasteiger partial charge in [0.2, 0.25) is 0 Å². The van der Waals surface area contributed by atoms with E-state index in [0.717, 1.165) is 25.3 Å². The Morgan fingerprint density at radius 2 is 1.53 bits per heavy atom. The monoisotopic (exact) mass is 420 g/mol. The van der Waals surface area contributed by atoms with E-state index in [1.807, 2.05) is 78.9 Å². The van der Waals surface area contributed by atoms with Gasteiger partial charge in [-0.3, -0.25) is 4.79 Å². The summed E-state index contributed by atoms with van der Waals surface area (Å²) in [4.78, 5) is 15.3. The van der Waals surface area contributed by atoms with Crippen molar-refractivity contribution in [3.05, 3.63) is 120 Å². The fraction of sp³-hybridized carbons (Fsp3) is 0.107. The largest absolute Gasteiger partial charge is 0.455 e. The van der Waals surface area contributed by atoms with E-state index >= 15 is 0 Å². The molecule has 4 heteroatoms. The second-order valence-corrected chi connectivity index (χ2v) is 7.86. The van der Waals surface area contributed by atoms with Crippen molar-refractivity contribution in [3.63, 3.8) is 0 Å². The molecule has 0 fully saturated rings. The van der Waals surface area contributed by atoms with Gasteiger partial charge < -0.3 is 15.0 Å². The number of hydrogen-bond acceptors (Lipinski definition) is 3. The first-order valence-corrected chi connectivity index (χ1v) is 10.8. The van der Waals surface area contributed by atoms with E-state index in [0.29, 0.717) is 17.0 Å². The van der Waals surface area contributed by atoms with E-state index in [4.69, 9.17) is 4.74 Å². The Balaban J connectivity index is 1.26. The number of hydrogen-bond donors (Lipinski definition) is 1. The molecular weight excluding hydrogens is 396 g/mol. The third-order valence-electron chi connectivity index (χ3n) is 5.68. The highest BCUT2D eigenvalue weighted by Gasteiger charge is 2.18. The van der Waals surface area contributed by atoms with E-state index < -0.39 is 0 Å². The molecule has 1 aliphatic rings. The summed E-state index contributed by atoms with van der Waals surface area (Å²) in [5, 5.41) is 2.98. The Bertz CT molecular complexity index is 1220. The molecule has 4 aromatic carbocycles. The maximum Gasteiger partial charge on any atom is 0.255 e. The molecule has 0 saturated heterocycles. The van der Waals surface area contributed by atoms with Gasteiger partial charge in [-0.15, -0.1) is 0 Å². The Labute approximate surface area is 188 Å². The molecule has 32 heavy (non-hydrogen) atoms. The standard InChI is InChI=1S/C28H24N2O2/c31-28(29-25-11-5-7-13-27(25)32-24-9-2-1-3-10-24)23-16-14-21(15-17-23)20-30-19-18-22-8-4-6-12-26(22)30/h1-17H,18-20H2,(H,29,31). The number of carbonyl (C=O) groups is 1. The lowest BCUT2D eigenvalue weighted by molar-refractivity contribution is 0.102. The second-order valence-electron chi connectivity index (χ2n) is 7.86. The maximum atomic E-state index is 12.9. The minimum Gasteiger partial charge on any atom is -0.455 e. The van der Waals surface area contributed by atoms with E-state index in [1.165, 1.54) is 16.8 Å². The molecular formula is C28H24N2O2. The van der Waals surface area contributed by atoms with Crippen LogP contribution in [0.3, 0.4) is 0 Å². The van der Waals surface area contributed by atoms with Crippen molar-refractivity contribution in [2.75, 3.05) is 16.8 Å². The van der Waals surface area contributed by atoms with Gasteiger partial charge in [-0.2, -0.15) is 0 Å². The highest BCUT2D eigenvalue weighted by molar-refractivity contribution is 6.05. The number of benzene rings is 4. The van der Waals surface area contributed by atoms with Crippen molar-refractivity contribution >= 4 is 17.3 Å². The molecule has 0 spiro atoms. The zero-order chi connectivity index (χ0) is 21.8. The number of nitrogens with zero attached hydrogens (tertiary/aromatic N) is 1. The number of para-hydroxylation sites is 4. The van der Waals surface area contributed by atoms with Crippen LogP contribution >= 0.6 is 0 Å². The molecule has 5 rings (SSSR count). The third kappa shape index (κ3) is 4.35. The maximum absolute atomic E-state index is 12.9. The van der Waals surface area contributed by atoms with Crippen LogP contribution in [-0.2, 0) is 13.0 Å². The van der Waals surface area contributed by atoms with Crippen LogP contribution in [0.1, 0.15) is 21.5 Å². The number of rotatable bonds is 6. The molecule has 0 saturated carbocycles. The van der Waals surface area contributed by atoms with Gasteiger partial charge in [0.15, 0.2) is 5.75 Å². The van der Waals surface area contributed by atoms with Gasteiger partial charge >= 0.3 is 0 Å². The zero-order valence-electron chi connectivity index (χ0n) is 17.7. The average molecular weight is 421 g/mol. The van der Waals surface area contributed by atoms with Crippen LogP contribution < -0.4 is 15.0 Å². The Morgan fingerprint density at radius 1 is 0.812 bits per heavy atom. The van der Waals surface area contributed by atoms with Gasteiger partial charge in [-0.25, -0.2) is 0 Å². The highest BCUT2D eigenvalue weighted by Crippen LogP contribution is 2.30. The number of amides is 1. The van der Waals surface area contributed by atoms with E-state index in [1.54, 1.807) is 0 Å². The van der Waals surface area contributed by atoms with Crippen LogP contribution in [0, 0.1) is 0 Å². The van der Waals surface area contributed by atoms with Gasteiger partial charge in [0.05, 0.1) is 5.69 Å². The summed E-state index contributed by atoms with van der Waals surface area (Å²) in [6.45, 7) is 1.87. The minimum absolute atomic E-state index is 0.160. The van der Waals surface area contributed by atoms with Gasteiger partial charge in [0.25, 0.3) is 5.91 Å². The fourth-order valence-corrected chi connectivity index (χ4v) is 4.02. The zero-order valence-corrected chi connectivity index (χ0v) is 17.7. The molecule has 0 unspecified atom stereocenters. The molecule has 4 nitrogen and oxygen atoms in total. The minimum atomic E-state index is -0.160. The van der Waals surface area contributed by atoms with Crippen molar-refractivity contribution in [1.29, 1.82) is 0 Å². The first-order chi connectivity index (χ1) is 15.8. The number of ether oxygens (including phenoxy) is 1. The van der Waals surface area contributed by atoms with Crippen LogP contribution in [0.25, 0.3) is 0 Å². The van der Waals surface area contributed by atoms with Crippen molar-refractivity contribution < 1.29 is 9.53 Å². The van der Waals surface area contributed by atoms with Crippen LogP contribution in [0.5, 0.6) is 11.5 Å². The van der Waals surface area contributed by atoms with Crippen molar-refractivity contribution in [2.45, 2.75) is 13.0 Å². The van der Waals surface area contributed by atoms with Gasteiger partial charge in [0.1, 0.15) is 5.75 Å². The molecule has 1 amide bonds. The topological polar surface area (TPSA) is 41.6 Å². The fourth-order valence-electron chi connectivity index (χ4n) is 4.02. The smallest absolute Gasteiger partial charge is 0.255 e. The summed E-state index contributed by atoms with van der Waals surface area (Å²) in [7, 11) is 0. The lowest BCUT2D eigenvalue weighted by Gasteiger charge is -2.19. The predicted molar refractivity (Wildman–Crippen MR) is 129 cm³/mol. The lowest BCUT2D eigenvalue weighted by atomic mass is 10.1. The molecule has 0 aliphatic carbocycles. The average Bonchev–Trinajstić information content (AvgIpc) is 3.24. The van der Waals surface area contributed by atoms with Crippen LogP contribution in [0.15, 0.2) is 103 Å². The van der Waals surface area contributed by atoms with Crippen molar-refractivity contribution in [2.24, 2.45) is 0 Å². The summed E-state index contributed by atoms with van der Waals surface area (Å²) in [5.74, 6) is 1.17. The molecule has 1 N–H and O–H groups in total. The summed E-state index contributed by atoms with van der Waals surface area (Å²) in [6.07, 6.45) is 1.08. The summed E-state index contributed by atoms with van der Waals surface area (Å²) >= 11 is 0. The van der Waals surface area contributed by atoms with E-state index in [-0.39, 0.29) is 5.91 Å². The Kier molecular flexibility index (Phi) is 5.58. The SMILES string of the molecule is O=C(Nc1ccccc1Oc1ccccc1)c1ccc(CN2CCc3ccccc32)cc1. The van der Waals surface area contributed by atoms with Gasteiger partial charge in [-0.1, -0.05) is 60.7 Å². The molecule has 1 aliphatic heterocycles. The van der Waals surface area contributed by atoms with Crippen LogP contribution in [0.2, 0.25) is 0 Å². The molecule has 0 aromatic heterocycles. The van der Waals surface area contributed by atoms with Crippen molar-refractivity contribution in [1.82, 2.24) is 0 Å².